The Kier molecular flexibility index (Phi) is 4.29. The predicted molar refractivity (Wildman–Crippen MR) is 89.1 cm³/mol. The van der Waals surface area contributed by atoms with Gasteiger partial charge in [0.1, 0.15) is 15.9 Å². The number of nitrogens with one attached hydrogen (secondary N) is 1. The summed E-state index contributed by atoms with van der Waals surface area (Å²) in [5.74, 6) is 0.712. The van der Waals surface area contributed by atoms with Gasteiger partial charge in [-0.2, -0.15) is 4.37 Å². The molecule has 2 heterocycles. The lowest BCUT2D eigenvalue weighted by Crippen LogP contribution is -2.07. The number of pyridine rings is 1. The Balaban J connectivity index is 2.09. The summed E-state index contributed by atoms with van der Waals surface area (Å²) in [4.78, 5) is 8.44. The van der Waals surface area contributed by atoms with Crippen LogP contribution in [0.15, 0.2) is 52.3 Å². The van der Waals surface area contributed by atoms with E-state index >= 15 is 0 Å². The number of hydrogen-bond acceptors (Lipinski definition) is 7. The molecule has 3 aromatic rings. The predicted octanol–water partition coefficient (Wildman–Crippen LogP) is 3.47. The molecule has 0 aliphatic carbocycles. The van der Waals surface area contributed by atoms with Crippen molar-refractivity contribution in [1.82, 2.24) is 14.3 Å². The van der Waals surface area contributed by atoms with E-state index in [1.165, 1.54) is 24.3 Å². The molecule has 0 amide bonds. The normalized spacial score (nSPS) is 11.4. The third-order valence-corrected chi connectivity index (χ3v) is 5.65. The molecule has 0 radical (unpaired) electrons. The van der Waals surface area contributed by atoms with Crippen molar-refractivity contribution in [2.24, 2.45) is 0 Å². The number of nitrogens with zero attached hydrogens (tertiary/aromatic N) is 3. The molecule has 0 unspecified atom stereocenters. The van der Waals surface area contributed by atoms with Gasteiger partial charge in [0.2, 0.25) is 15.0 Å². The fraction of sp³-hybridized carbons (Fsp3) is 0.0714. The van der Waals surface area contributed by atoms with Gasteiger partial charge in [-0.1, -0.05) is 29.8 Å². The first-order valence-electron chi connectivity index (χ1n) is 6.51. The van der Waals surface area contributed by atoms with Gasteiger partial charge in [-0.3, -0.25) is 0 Å². The highest BCUT2D eigenvalue weighted by molar-refractivity contribution is 7.91. The second kappa shape index (κ2) is 6.23. The SMILES string of the molecule is Cc1nsc(Nc2nc(Cl)ccc2S(=O)(=O)c2ccccc2)n1. The van der Waals surface area contributed by atoms with Crippen molar-refractivity contribution in [1.29, 1.82) is 0 Å². The van der Waals surface area contributed by atoms with Crippen LogP contribution in [0, 0.1) is 6.92 Å². The Morgan fingerprint density at radius 3 is 2.48 bits per heavy atom. The molecule has 1 aromatic carbocycles. The number of anilines is 2. The smallest absolute Gasteiger partial charge is 0.210 e. The molecule has 0 fully saturated rings. The van der Waals surface area contributed by atoms with Crippen molar-refractivity contribution in [3.63, 3.8) is 0 Å². The van der Waals surface area contributed by atoms with E-state index in [0.717, 1.165) is 11.5 Å². The molecule has 1 N–H and O–H groups in total. The van der Waals surface area contributed by atoms with E-state index in [-0.39, 0.29) is 20.8 Å². The summed E-state index contributed by atoms with van der Waals surface area (Å²) < 4.78 is 29.7. The minimum Gasteiger partial charge on any atom is -0.314 e. The van der Waals surface area contributed by atoms with Crippen LogP contribution in [0.5, 0.6) is 0 Å². The van der Waals surface area contributed by atoms with Gasteiger partial charge >= 0.3 is 0 Å². The van der Waals surface area contributed by atoms with E-state index in [9.17, 15) is 8.42 Å². The number of aromatic nitrogens is 3. The van der Waals surface area contributed by atoms with Crippen LogP contribution in [0.1, 0.15) is 5.82 Å². The van der Waals surface area contributed by atoms with Crippen LogP contribution in [0.4, 0.5) is 10.9 Å². The molecule has 0 saturated heterocycles. The molecular weight excluding hydrogens is 356 g/mol. The van der Waals surface area contributed by atoms with Crippen LogP contribution in [0.3, 0.4) is 0 Å². The molecule has 3 rings (SSSR count). The quantitative estimate of drug-likeness (QED) is 0.711. The summed E-state index contributed by atoms with van der Waals surface area (Å²) in [6, 6.07) is 11.0. The fourth-order valence-corrected chi connectivity index (χ4v) is 3.99. The number of benzene rings is 1. The van der Waals surface area contributed by atoms with Gasteiger partial charge in [-0.15, -0.1) is 0 Å². The maximum atomic E-state index is 12.8. The van der Waals surface area contributed by atoms with Crippen molar-refractivity contribution in [3.8, 4) is 0 Å². The van der Waals surface area contributed by atoms with Crippen molar-refractivity contribution in [2.75, 3.05) is 5.32 Å². The molecule has 0 aliphatic heterocycles. The third-order valence-electron chi connectivity index (χ3n) is 2.92. The molecule has 9 heteroatoms. The van der Waals surface area contributed by atoms with Gasteiger partial charge in [-0.25, -0.2) is 18.4 Å². The highest BCUT2D eigenvalue weighted by Gasteiger charge is 2.23. The number of rotatable bonds is 4. The lowest BCUT2D eigenvalue weighted by molar-refractivity contribution is 0.596. The van der Waals surface area contributed by atoms with E-state index < -0.39 is 9.84 Å². The third kappa shape index (κ3) is 3.34. The molecule has 0 saturated carbocycles. The Hall–Kier alpha value is -2.03. The summed E-state index contributed by atoms with van der Waals surface area (Å²) in [5.41, 5.74) is 0. The second-order valence-corrected chi connectivity index (χ2v) is 7.63. The molecule has 2 aromatic heterocycles. The average Bonchev–Trinajstić information content (AvgIpc) is 2.93. The Morgan fingerprint density at radius 1 is 1.09 bits per heavy atom. The zero-order valence-electron chi connectivity index (χ0n) is 11.9. The van der Waals surface area contributed by atoms with Crippen LogP contribution < -0.4 is 5.32 Å². The Bertz CT molecular complexity index is 942. The highest BCUT2D eigenvalue weighted by Crippen LogP contribution is 2.30. The molecular formula is C14H11ClN4O2S2. The Morgan fingerprint density at radius 2 is 1.83 bits per heavy atom. The van der Waals surface area contributed by atoms with Crippen molar-refractivity contribution >= 4 is 43.9 Å². The first-order chi connectivity index (χ1) is 11.0. The summed E-state index contributed by atoms with van der Waals surface area (Å²) in [5, 5.41) is 3.51. The molecule has 6 nitrogen and oxygen atoms in total. The maximum absolute atomic E-state index is 12.8. The number of sulfone groups is 1. The lowest BCUT2D eigenvalue weighted by atomic mass is 10.4. The zero-order chi connectivity index (χ0) is 16.4. The standard InChI is InChI=1S/C14H11ClN4O2S2/c1-9-16-14(22-19-9)18-13-11(7-8-12(15)17-13)23(20,21)10-5-3-2-4-6-10/h2-8H,1H3,(H,16,17,18,19). The van der Waals surface area contributed by atoms with Gasteiger partial charge in [0, 0.05) is 11.5 Å². The van der Waals surface area contributed by atoms with Crippen LogP contribution in [0.25, 0.3) is 0 Å². The molecule has 0 spiro atoms. The molecule has 0 atom stereocenters. The summed E-state index contributed by atoms with van der Waals surface area (Å²) in [7, 11) is -3.73. The molecule has 0 bridgehead atoms. The van der Waals surface area contributed by atoms with Gasteiger partial charge < -0.3 is 5.32 Å². The van der Waals surface area contributed by atoms with Crippen molar-refractivity contribution in [3.05, 3.63) is 53.4 Å². The van der Waals surface area contributed by atoms with Crippen LogP contribution in [-0.4, -0.2) is 22.8 Å². The van der Waals surface area contributed by atoms with Crippen LogP contribution >= 0.6 is 23.1 Å². The highest BCUT2D eigenvalue weighted by atomic mass is 35.5. The zero-order valence-corrected chi connectivity index (χ0v) is 14.3. The fourth-order valence-electron chi connectivity index (χ4n) is 1.90. The summed E-state index contributed by atoms with van der Waals surface area (Å²) in [6.45, 7) is 1.74. The van der Waals surface area contributed by atoms with Gasteiger partial charge in [0.15, 0.2) is 5.82 Å². The lowest BCUT2D eigenvalue weighted by Gasteiger charge is -2.10. The van der Waals surface area contributed by atoms with E-state index in [0.29, 0.717) is 11.0 Å². The molecule has 0 aliphatic rings. The van der Waals surface area contributed by atoms with Crippen LogP contribution in [-0.2, 0) is 9.84 Å². The van der Waals surface area contributed by atoms with Gasteiger partial charge in [0.25, 0.3) is 0 Å². The minimum atomic E-state index is -3.73. The first-order valence-corrected chi connectivity index (χ1v) is 9.14. The monoisotopic (exact) mass is 366 g/mol. The van der Waals surface area contributed by atoms with E-state index in [2.05, 4.69) is 19.7 Å². The van der Waals surface area contributed by atoms with Crippen molar-refractivity contribution < 1.29 is 8.42 Å². The molecule has 23 heavy (non-hydrogen) atoms. The Labute approximate surface area is 142 Å². The van der Waals surface area contributed by atoms with Gasteiger partial charge in [0.05, 0.1) is 4.90 Å². The molecule has 118 valence electrons. The number of hydrogen-bond donors (Lipinski definition) is 1. The van der Waals surface area contributed by atoms with Gasteiger partial charge in [-0.05, 0) is 31.2 Å². The topological polar surface area (TPSA) is 84.8 Å². The van der Waals surface area contributed by atoms with Crippen LogP contribution in [0.2, 0.25) is 5.15 Å². The largest absolute Gasteiger partial charge is 0.314 e. The second-order valence-electron chi connectivity index (χ2n) is 4.57. The average molecular weight is 367 g/mol. The minimum absolute atomic E-state index is 0.0287. The van der Waals surface area contributed by atoms with E-state index in [1.54, 1.807) is 25.1 Å². The first kappa shape index (κ1) is 15.9. The maximum Gasteiger partial charge on any atom is 0.210 e. The summed E-state index contributed by atoms with van der Waals surface area (Å²) >= 11 is 7.02. The van der Waals surface area contributed by atoms with E-state index in [4.69, 9.17) is 11.6 Å². The van der Waals surface area contributed by atoms with E-state index in [1.807, 2.05) is 0 Å². The summed E-state index contributed by atoms with van der Waals surface area (Å²) in [6.07, 6.45) is 0. The number of halogens is 1. The van der Waals surface area contributed by atoms with Crippen molar-refractivity contribution in [2.45, 2.75) is 16.7 Å². The number of aryl methyl sites for hydroxylation is 1.